The molecule has 1 aromatic heterocycles. The Balaban J connectivity index is 2.45. The maximum absolute atomic E-state index is 13.9. The lowest BCUT2D eigenvalue weighted by molar-refractivity contribution is -0.126. The summed E-state index contributed by atoms with van der Waals surface area (Å²) in [6.07, 6.45) is 1.98. The van der Waals surface area contributed by atoms with Crippen molar-refractivity contribution in [1.29, 1.82) is 0 Å². The third-order valence-corrected chi connectivity index (χ3v) is 9.78. The molecule has 12 nitrogen and oxygen atoms in total. The van der Waals surface area contributed by atoms with Gasteiger partial charge in [0, 0.05) is 33.0 Å². The van der Waals surface area contributed by atoms with Crippen molar-refractivity contribution >= 4 is 27.6 Å². The van der Waals surface area contributed by atoms with E-state index in [1.165, 1.54) is 32.5 Å². The van der Waals surface area contributed by atoms with Crippen LogP contribution in [-0.4, -0.2) is 96.4 Å². The molecule has 0 aliphatic carbocycles. The molecule has 0 aliphatic heterocycles. The Kier molecular flexibility index (Phi) is 16.1. The largest absolute Gasteiger partial charge is 0.388 e. The second-order valence-corrected chi connectivity index (χ2v) is 13.5. The van der Waals surface area contributed by atoms with Crippen molar-refractivity contribution in [3.05, 3.63) is 66.0 Å². The van der Waals surface area contributed by atoms with Gasteiger partial charge in [-0.05, 0) is 43.4 Å². The van der Waals surface area contributed by atoms with E-state index in [4.69, 9.17) is 4.74 Å². The van der Waals surface area contributed by atoms with Crippen molar-refractivity contribution < 1.29 is 37.8 Å². The number of sulfone groups is 1. The van der Waals surface area contributed by atoms with E-state index >= 15 is 0 Å². The topological polar surface area (TPSA) is 184 Å². The van der Waals surface area contributed by atoms with E-state index < -0.39 is 68.9 Å². The van der Waals surface area contributed by atoms with Gasteiger partial charge in [0.2, 0.25) is 11.8 Å². The van der Waals surface area contributed by atoms with Gasteiger partial charge in [-0.25, -0.2) is 8.42 Å². The lowest BCUT2D eigenvalue weighted by atomic mass is 9.92. The van der Waals surface area contributed by atoms with Crippen LogP contribution in [0.3, 0.4) is 0 Å². The van der Waals surface area contributed by atoms with Gasteiger partial charge in [0.15, 0.2) is 9.84 Å². The molecular weight excluding hydrogens is 600 g/mol. The summed E-state index contributed by atoms with van der Waals surface area (Å²) < 4.78 is 32.2. The van der Waals surface area contributed by atoms with Gasteiger partial charge < -0.3 is 30.9 Å². The maximum atomic E-state index is 13.9. The molecule has 0 saturated carbocycles. The number of benzene rings is 1. The van der Waals surface area contributed by atoms with E-state index in [1.54, 1.807) is 36.4 Å². The Morgan fingerprint density at radius 3 is 2.09 bits per heavy atom. The summed E-state index contributed by atoms with van der Waals surface area (Å²) in [5.41, 5.74) is 0.857. The highest BCUT2D eigenvalue weighted by Crippen LogP contribution is 2.18. The predicted octanol–water partition coefficient (Wildman–Crippen LogP) is 1.55. The average Bonchev–Trinajstić information content (AvgIpc) is 3.02. The van der Waals surface area contributed by atoms with E-state index in [0.717, 1.165) is 5.56 Å². The molecule has 0 saturated heterocycles. The number of hydrogen-bond acceptors (Lipinski definition) is 9. The van der Waals surface area contributed by atoms with E-state index in [9.17, 15) is 33.0 Å². The van der Waals surface area contributed by atoms with Crippen LogP contribution >= 0.6 is 0 Å². The molecule has 2 rings (SSSR count). The molecule has 3 amide bonds. The summed E-state index contributed by atoms with van der Waals surface area (Å²) in [7, 11) is -2.39. The molecule has 0 fully saturated rings. The smallest absolute Gasteiger partial charge is 0.253 e. The SMILES string of the molecule is CCCC(CCC)S(=O)(=O)CC(NC(=O)c1cccnc1)C(=O)NC(Cc1ccccc1)C(O)C(O)C(CCOC)NC(C)=O. The van der Waals surface area contributed by atoms with Crippen LogP contribution in [0.1, 0.15) is 68.8 Å². The number of carbonyl (C=O) groups excluding carboxylic acids is 3. The van der Waals surface area contributed by atoms with Gasteiger partial charge >= 0.3 is 0 Å². The van der Waals surface area contributed by atoms with Crippen molar-refractivity contribution in [2.75, 3.05) is 19.5 Å². The Labute approximate surface area is 266 Å². The molecule has 13 heteroatoms. The fraction of sp³-hybridized carbons (Fsp3) is 0.562. The fourth-order valence-electron chi connectivity index (χ4n) is 5.16. The van der Waals surface area contributed by atoms with Gasteiger partial charge in [0.05, 0.1) is 28.6 Å². The van der Waals surface area contributed by atoms with Crippen molar-refractivity contribution in [1.82, 2.24) is 20.9 Å². The van der Waals surface area contributed by atoms with Crippen LogP contribution in [0.2, 0.25) is 0 Å². The van der Waals surface area contributed by atoms with Crippen molar-refractivity contribution in [2.24, 2.45) is 0 Å². The zero-order valence-electron chi connectivity index (χ0n) is 26.5. The lowest BCUT2D eigenvalue weighted by Gasteiger charge is -2.33. The molecule has 1 aromatic carbocycles. The van der Waals surface area contributed by atoms with Crippen LogP contribution in [-0.2, 0) is 30.6 Å². The molecule has 0 bridgehead atoms. The van der Waals surface area contributed by atoms with Gasteiger partial charge in [-0.1, -0.05) is 57.0 Å². The first-order valence-corrected chi connectivity index (χ1v) is 17.0. The fourth-order valence-corrected chi connectivity index (χ4v) is 7.32. The molecule has 0 radical (unpaired) electrons. The number of aromatic nitrogens is 1. The number of rotatable bonds is 20. The van der Waals surface area contributed by atoms with Crippen LogP contribution in [0.5, 0.6) is 0 Å². The zero-order valence-corrected chi connectivity index (χ0v) is 27.3. The average molecular weight is 649 g/mol. The molecule has 45 heavy (non-hydrogen) atoms. The highest BCUT2D eigenvalue weighted by atomic mass is 32.2. The highest BCUT2D eigenvalue weighted by molar-refractivity contribution is 7.92. The first kappa shape index (κ1) is 37.8. The van der Waals surface area contributed by atoms with Gasteiger partial charge in [-0.2, -0.15) is 0 Å². The molecular formula is C32H48N4O8S. The Morgan fingerprint density at radius 2 is 1.53 bits per heavy atom. The normalized spacial score (nSPS) is 15.0. The quantitative estimate of drug-likeness (QED) is 0.142. The van der Waals surface area contributed by atoms with Crippen LogP contribution in [0.25, 0.3) is 0 Å². The summed E-state index contributed by atoms with van der Waals surface area (Å²) in [6, 6.07) is 8.40. The molecule has 1 heterocycles. The Bertz CT molecular complexity index is 1290. The third kappa shape index (κ3) is 12.5. The first-order chi connectivity index (χ1) is 21.4. The van der Waals surface area contributed by atoms with E-state index in [2.05, 4.69) is 20.9 Å². The minimum absolute atomic E-state index is 0.0617. The minimum Gasteiger partial charge on any atom is -0.388 e. The number of nitrogens with zero attached hydrogens (tertiary/aromatic N) is 1. The van der Waals surface area contributed by atoms with E-state index in [0.29, 0.717) is 25.7 Å². The standard InChI is InChI=1S/C32H48N4O8S/c1-5-11-25(12-6-2)45(42,43)21-28(36-31(40)24-15-10-17-33-20-24)32(41)35-27(19-23-13-8-7-9-14-23)30(39)29(38)26(16-18-44-4)34-22(3)37/h7-10,13-15,17,20,25-30,38-39H,5-6,11-12,16,18-19,21H2,1-4H3,(H,34,37)(H,35,41)(H,36,40). The van der Waals surface area contributed by atoms with Crippen LogP contribution in [0.4, 0.5) is 0 Å². The number of aliphatic hydroxyl groups is 2. The van der Waals surface area contributed by atoms with E-state index in [-0.39, 0.29) is 25.0 Å². The molecule has 0 spiro atoms. The number of amides is 3. The monoisotopic (exact) mass is 648 g/mol. The molecule has 5 N–H and O–H groups in total. The molecule has 2 aromatic rings. The second kappa shape index (κ2) is 19.2. The number of hydrogen-bond donors (Lipinski definition) is 5. The number of aliphatic hydroxyl groups excluding tert-OH is 2. The number of nitrogens with one attached hydrogen (secondary N) is 3. The molecule has 250 valence electrons. The van der Waals surface area contributed by atoms with Crippen molar-refractivity contribution in [2.45, 2.75) is 94.9 Å². The van der Waals surface area contributed by atoms with Gasteiger partial charge in [0.25, 0.3) is 5.91 Å². The summed E-state index contributed by atoms with van der Waals surface area (Å²) >= 11 is 0. The zero-order chi connectivity index (χ0) is 33.4. The van der Waals surface area contributed by atoms with Crippen LogP contribution in [0.15, 0.2) is 54.9 Å². The van der Waals surface area contributed by atoms with Crippen LogP contribution in [0, 0.1) is 0 Å². The van der Waals surface area contributed by atoms with Gasteiger partial charge in [-0.15, -0.1) is 0 Å². The number of carbonyl (C=O) groups is 3. The first-order valence-electron chi connectivity index (χ1n) is 15.3. The predicted molar refractivity (Wildman–Crippen MR) is 171 cm³/mol. The third-order valence-electron chi connectivity index (χ3n) is 7.50. The van der Waals surface area contributed by atoms with Crippen molar-refractivity contribution in [3.8, 4) is 0 Å². The Morgan fingerprint density at radius 1 is 0.889 bits per heavy atom. The van der Waals surface area contributed by atoms with Gasteiger partial charge in [-0.3, -0.25) is 19.4 Å². The molecule has 5 unspecified atom stereocenters. The maximum Gasteiger partial charge on any atom is 0.253 e. The molecule has 0 aliphatic rings. The molecule has 5 atom stereocenters. The number of ether oxygens (including phenoxy) is 1. The van der Waals surface area contributed by atoms with Gasteiger partial charge in [0.1, 0.15) is 18.2 Å². The summed E-state index contributed by atoms with van der Waals surface area (Å²) in [4.78, 5) is 42.8. The second-order valence-electron chi connectivity index (χ2n) is 11.2. The summed E-state index contributed by atoms with van der Waals surface area (Å²) in [5.74, 6) is -2.62. The number of pyridine rings is 1. The summed E-state index contributed by atoms with van der Waals surface area (Å²) in [6.45, 7) is 5.23. The van der Waals surface area contributed by atoms with Crippen LogP contribution < -0.4 is 16.0 Å². The Hall–Kier alpha value is -3.39. The minimum atomic E-state index is -3.85. The number of methoxy groups -OCH3 is 1. The highest BCUT2D eigenvalue weighted by Gasteiger charge is 2.37. The lowest BCUT2D eigenvalue weighted by Crippen LogP contribution is -2.60. The summed E-state index contributed by atoms with van der Waals surface area (Å²) in [5, 5.41) is 29.8. The van der Waals surface area contributed by atoms with E-state index in [1.807, 2.05) is 13.8 Å². The van der Waals surface area contributed by atoms with Crippen molar-refractivity contribution in [3.63, 3.8) is 0 Å².